The van der Waals surface area contributed by atoms with E-state index >= 15 is 0 Å². The Labute approximate surface area is 162 Å². The molecule has 0 aliphatic heterocycles. The average Bonchev–Trinajstić information content (AvgIpc) is 3.14. The van der Waals surface area contributed by atoms with Crippen LogP contribution in [0.4, 0.5) is 11.4 Å². The molecule has 29 heavy (non-hydrogen) atoms. The van der Waals surface area contributed by atoms with Crippen LogP contribution in [0.5, 0.6) is 5.75 Å². The third-order valence-corrected chi connectivity index (χ3v) is 4.50. The lowest BCUT2D eigenvalue weighted by molar-refractivity contribution is -0.386. The lowest BCUT2D eigenvalue weighted by atomic mass is 10.2. The molecule has 0 fully saturated rings. The number of nitrogens with zero attached hydrogens (tertiary/aromatic N) is 4. The van der Waals surface area contributed by atoms with Crippen molar-refractivity contribution in [3.8, 4) is 17.1 Å². The van der Waals surface area contributed by atoms with Crippen LogP contribution in [0.3, 0.4) is 0 Å². The number of nitro groups is 2. The van der Waals surface area contributed by atoms with Gasteiger partial charge in [0.25, 0.3) is 11.6 Å². The molecule has 0 spiro atoms. The fraction of sp³-hybridized carbons (Fsp3) is 0.0667. The van der Waals surface area contributed by atoms with E-state index in [0.29, 0.717) is 5.56 Å². The first kappa shape index (κ1) is 19.8. The number of non-ortho nitro benzene ring substituents is 1. The first-order chi connectivity index (χ1) is 13.6. The summed E-state index contributed by atoms with van der Waals surface area (Å²) in [5, 5.41) is 30.7. The second kappa shape index (κ2) is 7.61. The SMILES string of the molecule is NS(=O)(=O)c1ccc(OCc2nc(-c3cccc([N+](=O)[O-])c3)no2)c([N+](=O)[O-])c1. The van der Waals surface area contributed by atoms with Crippen molar-refractivity contribution in [2.75, 3.05) is 0 Å². The van der Waals surface area contributed by atoms with Gasteiger partial charge in [-0.2, -0.15) is 4.98 Å². The van der Waals surface area contributed by atoms with Gasteiger partial charge in [-0.05, 0) is 12.1 Å². The van der Waals surface area contributed by atoms with E-state index in [4.69, 9.17) is 14.4 Å². The van der Waals surface area contributed by atoms with Crippen molar-refractivity contribution in [2.24, 2.45) is 5.14 Å². The molecule has 150 valence electrons. The Kier molecular flexibility index (Phi) is 5.20. The van der Waals surface area contributed by atoms with Crippen molar-refractivity contribution in [3.63, 3.8) is 0 Å². The van der Waals surface area contributed by atoms with Crippen molar-refractivity contribution >= 4 is 21.4 Å². The fourth-order valence-corrected chi connectivity index (χ4v) is 2.80. The largest absolute Gasteiger partial charge is 0.477 e. The predicted octanol–water partition coefficient (Wildman–Crippen LogP) is 1.78. The summed E-state index contributed by atoms with van der Waals surface area (Å²) in [5.41, 5.74) is -0.441. The number of rotatable bonds is 7. The molecule has 2 aromatic carbocycles. The molecule has 0 radical (unpaired) electrons. The van der Waals surface area contributed by atoms with Gasteiger partial charge in [0.15, 0.2) is 12.4 Å². The molecule has 0 amide bonds. The Morgan fingerprint density at radius 3 is 2.52 bits per heavy atom. The van der Waals surface area contributed by atoms with Crippen LogP contribution in [0, 0.1) is 20.2 Å². The van der Waals surface area contributed by atoms with Crippen LogP contribution in [0.2, 0.25) is 0 Å². The number of nitro benzene ring substituents is 2. The summed E-state index contributed by atoms with van der Waals surface area (Å²) in [6, 6.07) is 8.46. The van der Waals surface area contributed by atoms with E-state index < -0.39 is 30.5 Å². The van der Waals surface area contributed by atoms with Gasteiger partial charge in [-0.1, -0.05) is 17.3 Å². The van der Waals surface area contributed by atoms with Gasteiger partial charge >= 0.3 is 5.69 Å². The van der Waals surface area contributed by atoms with Crippen LogP contribution in [0.1, 0.15) is 5.89 Å². The molecule has 0 bridgehead atoms. The number of hydrogen-bond donors (Lipinski definition) is 1. The van der Waals surface area contributed by atoms with Gasteiger partial charge in [-0.3, -0.25) is 20.2 Å². The van der Waals surface area contributed by atoms with Crippen molar-refractivity contribution < 1.29 is 27.5 Å². The van der Waals surface area contributed by atoms with Crippen LogP contribution in [-0.2, 0) is 16.6 Å². The lowest BCUT2D eigenvalue weighted by Gasteiger charge is -2.05. The van der Waals surface area contributed by atoms with Crippen LogP contribution < -0.4 is 9.88 Å². The second-order valence-electron chi connectivity index (χ2n) is 5.54. The van der Waals surface area contributed by atoms with Crippen LogP contribution in [0.15, 0.2) is 51.9 Å². The molecule has 0 aliphatic carbocycles. The van der Waals surface area contributed by atoms with Gasteiger partial charge in [0.2, 0.25) is 15.8 Å². The zero-order valence-electron chi connectivity index (χ0n) is 14.3. The summed E-state index contributed by atoms with van der Waals surface area (Å²) in [7, 11) is -4.13. The molecular weight excluding hydrogens is 410 g/mol. The Balaban J connectivity index is 1.80. The highest BCUT2D eigenvalue weighted by molar-refractivity contribution is 7.89. The number of hydrogen-bond acceptors (Lipinski definition) is 10. The maximum absolute atomic E-state index is 11.3. The second-order valence-corrected chi connectivity index (χ2v) is 7.10. The third-order valence-electron chi connectivity index (χ3n) is 3.59. The summed E-state index contributed by atoms with van der Waals surface area (Å²) < 4.78 is 32.9. The summed E-state index contributed by atoms with van der Waals surface area (Å²) in [6.07, 6.45) is 0. The number of ether oxygens (including phenoxy) is 1. The van der Waals surface area contributed by atoms with E-state index in [2.05, 4.69) is 10.1 Å². The summed E-state index contributed by atoms with van der Waals surface area (Å²) in [6.45, 7) is -0.364. The molecule has 3 aromatic rings. The molecule has 0 unspecified atom stereocenters. The molecule has 0 saturated carbocycles. The normalized spacial score (nSPS) is 11.2. The zero-order valence-corrected chi connectivity index (χ0v) is 15.1. The van der Waals surface area contributed by atoms with E-state index in [0.717, 1.165) is 18.2 Å². The smallest absolute Gasteiger partial charge is 0.312 e. The molecule has 0 saturated heterocycles. The van der Waals surface area contributed by atoms with Crippen LogP contribution in [-0.4, -0.2) is 28.4 Å². The van der Waals surface area contributed by atoms with Gasteiger partial charge in [-0.15, -0.1) is 0 Å². The molecule has 0 atom stereocenters. The average molecular weight is 421 g/mol. The van der Waals surface area contributed by atoms with Crippen molar-refractivity contribution in [1.82, 2.24) is 10.1 Å². The quantitative estimate of drug-likeness (QED) is 0.433. The highest BCUT2D eigenvalue weighted by atomic mass is 32.2. The van der Waals surface area contributed by atoms with Crippen molar-refractivity contribution in [1.29, 1.82) is 0 Å². The molecule has 14 heteroatoms. The van der Waals surface area contributed by atoms with E-state index in [-0.39, 0.29) is 29.8 Å². The van der Waals surface area contributed by atoms with Crippen LogP contribution >= 0.6 is 0 Å². The first-order valence-electron chi connectivity index (χ1n) is 7.66. The standard InChI is InChI=1S/C15H11N5O8S/c16-29(25,26)11-4-5-13(12(7-11)20(23)24)27-8-14-17-15(18-28-14)9-2-1-3-10(6-9)19(21)22/h1-7H,8H2,(H2,16,25,26). The van der Waals surface area contributed by atoms with E-state index in [1.807, 2.05) is 0 Å². The monoisotopic (exact) mass is 421 g/mol. The third kappa shape index (κ3) is 4.50. The molecule has 1 aromatic heterocycles. The highest BCUT2D eigenvalue weighted by Crippen LogP contribution is 2.30. The topological polar surface area (TPSA) is 195 Å². The fourth-order valence-electron chi connectivity index (χ4n) is 2.27. The molecule has 13 nitrogen and oxygen atoms in total. The highest BCUT2D eigenvalue weighted by Gasteiger charge is 2.21. The van der Waals surface area contributed by atoms with E-state index in [1.165, 1.54) is 18.2 Å². The number of sulfonamides is 1. The zero-order chi connectivity index (χ0) is 21.2. The molecule has 2 N–H and O–H groups in total. The Morgan fingerprint density at radius 1 is 1.10 bits per heavy atom. The minimum absolute atomic E-state index is 0.0590. The van der Waals surface area contributed by atoms with E-state index in [9.17, 15) is 28.6 Å². The molecular formula is C15H11N5O8S. The van der Waals surface area contributed by atoms with Crippen molar-refractivity contribution in [2.45, 2.75) is 11.5 Å². The number of aromatic nitrogens is 2. The van der Waals surface area contributed by atoms with Crippen LogP contribution in [0.25, 0.3) is 11.4 Å². The Bertz CT molecular complexity index is 1210. The maximum atomic E-state index is 11.3. The first-order valence-corrected chi connectivity index (χ1v) is 9.21. The van der Waals surface area contributed by atoms with Gasteiger partial charge in [0.1, 0.15) is 0 Å². The number of primary sulfonamides is 1. The lowest BCUT2D eigenvalue weighted by Crippen LogP contribution is -2.12. The Morgan fingerprint density at radius 2 is 1.86 bits per heavy atom. The molecule has 1 heterocycles. The van der Waals surface area contributed by atoms with Gasteiger partial charge in [0.05, 0.1) is 14.7 Å². The van der Waals surface area contributed by atoms with Gasteiger partial charge in [0, 0.05) is 23.8 Å². The van der Waals surface area contributed by atoms with Gasteiger partial charge < -0.3 is 9.26 Å². The predicted molar refractivity (Wildman–Crippen MR) is 95.2 cm³/mol. The van der Waals surface area contributed by atoms with Crippen molar-refractivity contribution in [3.05, 3.63) is 68.6 Å². The van der Waals surface area contributed by atoms with Gasteiger partial charge in [-0.25, -0.2) is 13.6 Å². The summed E-state index contributed by atoms with van der Waals surface area (Å²) in [4.78, 5) is 24.2. The Hall–Kier alpha value is -3.91. The number of nitrogens with two attached hydrogens (primary N) is 1. The number of benzene rings is 2. The van der Waals surface area contributed by atoms with E-state index in [1.54, 1.807) is 6.07 Å². The maximum Gasteiger partial charge on any atom is 0.312 e. The summed E-state index contributed by atoms with van der Waals surface area (Å²) >= 11 is 0. The minimum atomic E-state index is -4.13. The summed E-state index contributed by atoms with van der Waals surface area (Å²) in [5.74, 6) is -0.236. The molecule has 3 rings (SSSR count). The minimum Gasteiger partial charge on any atom is -0.477 e. The molecule has 0 aliphatic rings.